The van der Waals surface area contributed by atoms with E-state index in [1.807, 2.05) is 6.07 Å². The van der Waals surface area contributed by atoms with Crippen molar-refractivity contribution < 1.29 is 17.7 Å². The van der Waals surface area contributed by atoms with E-state index in [1.165, 1.54) is 6.42 Å². The lowest BCUT2D eigenvalue weighted by molar-refractivity contribution is -0.142. The molecule has 2 aromatic rings. The van der Waals surface area contributed by atoms with Crippen molar-refractivity contribution in [1.29, 1.82) is 0 Å². The highest BCUT2D eigenvalue weighted by molar-refractivity contribution is 7.93. The Balaban J connectivity index is 1.38. The SMILES string of the molecule is O=C(C1CCCCC1)N1CC2(C1)C(c1nc(-c3ccccn3)no1)CCS2(=O)=O. The Hall–Kier alpha value is -2.29. The number of rotatable bonds is 3. The van der Waals surface area contributed by atoms with Crippen molar-refractivity contribution in [3.8, 4) is 11.5 Å². The maximum absolute atomic E-state index is 12.9. The molecule has 0 N–H and O–H groups in total. The molecule has 1 atom stereocenters. The van der Waals surface area contributed by atoms with Gasteiger partial charge in [-0.25, -0.2) is 8.42 Å². The molecule has 9 heteroatoms. The van der Waals surface area contributed by atoms with Crippen LogP contribution in [0.3, 0.4) is 0 Å². The number of likely N-dealkylation sites (tertiary alicyclic amines) is 1. The predicted octanol–water partition coefficient (Wildman–Crippen LogP) is 2.20. The molecule has 3 aliphatic rings. The normalized spacial score (nSPS) is 25.8. The number of aromatic nitrogens is 3. The van der Waals surface area contributed by atoms with Crippen LogP contribution in [0.15, 0.2) is 28.9 Å². The molecular formula is C20H24N4O4S. The van der Waals surface area contributed by atoms with Gasteiger partial charge in [0.2, 0.25) is 17.6 Å². The molecule has 3 fully saturated rings. The van der Waals surface area contributed by atoms with Gasteiger partial charge in [0.15, 0.2) is 9.84 Å². The molecule has 29 heavy (non-hydrogen) atoms. The molecule has 0 bridgehead atoms. The van der Waals surface area contributed by atoms with Crippen molar-refractivity contribution in [3.63, 3.8) is 0 Å². The standard InChI is InChI=1S/C20H24N4O4S/c25-19(14-6-2-1-3-7-14)24-12-20(13-24)15(9-11-29(20,26)27)18-22-17(23-28-18)16-8-4-5-10-21-16/h4-5,8,10,14-15H,1-3,6-7,9,11-13H2. The van der Waals surface area contributed by atoms with Crippen LogP contribution in [-0.2, 0) is 14.6 Å². The molecule has 1 unspecified atom stereocenters. The Bertz CT molecular complexity index is 1010. The molecule has 1 saturated carbocycles. The van der Waals surface area contributed by atoms with E-state index in [-0.39, 0.29) is 36.6 Å². The van der Waals surface area contributed by atoms with Crippen molar-refractivity contribution in [2.75, 3.05) is 18.8 Å². The number of carbonyl (C=O) groups excluding carboxylic acids is 1. The van der Waals surface area contributed by atoms with Crippen molar-refractivity contribution in [3.05, 3.63) is 30.3 Å². The number of carbonyl (C=O) groups is 1. The molecule has 5 rings (SSSR count). The zero-order chi connectivity index (χ0) is 20.1. The van der Waals surface area contributed by atoms with E-state index < -0.39 is 14.6 Å². The predicted molar refractivity (Wildman–Crippen MR) is 105 cm³/mol. The summed E-state index contributed by atoms with van der Waals surface area (Å²) >= 11 is 0. The van der Waals surface area contributed by atoms with Gasteiger partial charge in [-0.2, -0.15) is 4.98 Å². The Morgan fingerprint density at radius 1 is 1.14 bits per heavy atom. The maximum atomic E-state index is 12.9. The minimum atomic E-state index is -3.34. The van der Waals surface area contributed by atoms with E-state index in [0.717, 1.165) is 25.7 Å². The average molecular weight is 417 g/mol. The Morgan fingerprint density at radius 2 is 1.93 bits per heavy atom. The average Bonchev–Trinajstić information content (AvgIpc) is 3.30. The number of amides is 1. The first kappa shape index (κ1) is 18.7. The minimum Gasteiger partial charge on any atom is -0.339 e. The second-order valence-electron chi connectivity index (χ2n) is 8.43. The van der Waals surface area contributed by atoms with Crippen LogP contribution >= 0.6 is 0 Å². The molecule has 1 aliphatic carbocycles. The van der Waals surface area contributed by atoms with E-state index >= 15 is 0 Å². The lowest BCUT2D eigenvalue weighted by atomic mass is 9.81. The fourth-order valence-electron chi connectivity index (χ4n) is 5.06. The molecule has 154 valence electrons. The van der Waals surface area contributed by atoms with E-state index in [0.29, 0.717) is 23.8 Å². The zero-order valence-corrected chi connectivity index (χ0v) is 17.0. The van der Waals surface area contributed by atoms with Gasteiger partial charge in [-0.05, 0) is 31.4 Å². The van der Waals surface area contributed by atoms with Crippen molar-refractivity contribution in [1.82, 2.24) is 20.0 Å². The first-order chi connectivity index (χ1) is 14.0. The van der Waals surface area contributed by atoms with Crippen LogP contribution in [0.2, 0.25) is 0 Å². The molecule has 2 aromatic heterocycles. The van der Waals surface area contributed by atoms with Gasteiger partial charge < -0.3 is 9.42 Å². The van der Waals surface area contributed by atoms with Crippen LogP contribution in [-0.4, -0.2) is 57.9 Å². The second-order valence-corrected chi connectivity index (χ2v) is 10.9. The van der Waals surface area contributed by atoms with Gasteiger partial charge in [-0.3, -0.25) is 9.78 Å². The molecule has 1 amide bonds. The van der Waals surface area contributed by atoms with Crippen molar-refractivity contribution in [2.24, 2.45) is 5.92 Å². The monoisotopic (exact) mass is 416 g/mol. The number of pyridine rings is 1. The van der Waals surface area contributed by atoms with E-state index in [1.54, 1.807) is 23.2 Å². The summed E-state index contributed by atoms with van der Waals surface area (Å²) in [6.45, 7) is 0.466. The van der Waals surface area contributed by atoms with E-state index in [4.69, 9.17) is 4.52 Å². The second kappa shape index (κ2) is 6.90. The summed E-state index contributed by atoms with van der Waals surface area (Å²) < 4.78 is 30.3. The Labute approximate surface area is 169 Å². The van der Waals surface area contributed by atoms with Crippen LogP contribution < -0.4 is 0 Å². The number of nitrogens with zero attached hydrogens (tertiary/aromatic N) is 4. The van der Waals surface area contributed by atoms with Gasteiger partial charge in [0.1, 0.15) is 10.4 Å². The van der Waals surface area contributed by atoms with Crippen LogP contribution in [0.1, 0.15) is 50.3 Å². The number of sulfone groups is 1. The Kier molecular flexibility index (Phi) is 4.45. The van der Waals surface area contributed by atoms with E-state index in [9.17, 15) is 13.2 Å². The highest BCUT2D eigenvalue weighted by atomic mass is 32.2. The summed E-state index contributed by atoms with van der Waals surface area (Å²) in [5.41, 5.74) is 0.583. The molecule has 4 heterocycles. The minimum absolute atomic E-state index is 0.0443. The molecule has 2 saturated heterocycles. The number of hydrogen-bond donors (Lipinski definition) is 0. The number of hydrogen-bond acceptors (Lipinski definition) is 7. The highest BCUT2D eigenvalue weighted by Crippen LogP contribution is 2.50. The molecule has 8 nitrogen and oxygen atoms in total. The van der Waals surface area contributed by atoms with Gasteiger partial charge in [-0.1, -0.05) is 30.5 Å². The van der Waals surface area contributed by atoms with Crippen molar-refractivity contribution >= 4 is 15.7 Å². The first-order valence-electron chi connectivity index (χ1n) is 10.3. The fraction of sp³-hybridized carbons (Fsp3) is 0.600. The van der Waals surface area contributed by atoms with Crippen LogP contribution in [0.25, 0.3) is 11.5 Å². The summed E-state index contributed by atoms with van der Waals surface area (Å²) in [5, 5.41) is 4.01. The molecule has 1 spiro atoms. The summed E-state index contributed by atoms with van der Waals surface area (Å²) in [4.78, 5) is 23.2. The summed E-state index contributed by atoms with van der Waals surface area (Å²) in [6, 6.07) is 5.42. The van der Waals surface area contributed by atoms with Gasteiger partial charge >= 0.3 is 0 Å². The quantitative estimate of drug-likeness (QED) is 0.755. The van der Waals surface area contributed by atoms with Gasteiger partial charge in [-0.15, -0.1) is 0 Å². The molecule has 0 aromatic carbocycles. The first-order valence-corrected chi connectivity index (χ1v) is 11.9. The summed E-state index contributed by atoms with van der Waals surface area (Å²) in [5.74, 6) is 0.544. The fourth-order valence-corrected chi connectivity index (χ4v) is 7.37. The van der Waals surface area contributed by atoms with Crippen LogP contribution in [0.4, 0.5) is 0 Å². The largest absolute Gasteiger partial charge is 0.339 e. The van der Waals surface area contributed by atoms with E-state index in [2.05, 4.69) is 15.1 Å². The smallest absolute Gasteiger partial charge is 0.231 e. The maximum Gasteiger partial charge on any atom is 0.231 e. The Morgan fingerprint density at radius 3 is 2.66 bits per heavy atom. The van der Waals surface area contributed by atoms with Crippen LogP contribution in [0.5, 0.6) is 0 Å². The molecule has 0 radical (unpaired) electrons. The summed E-state index contributed by atoms with van der Waals surface area (Å²) in [7, 11) is -3.34. The van der Waals surface area contributed by atoms with Crippen molar-refractivity contribution in [2.45, 2.75) is 49.2 Å². The third kappa shape index (κ3) is 2.97. The zero-order valence-electron chi connectivity index (χ0n) is 16.2. The lowest BCUT2D eigenvalue weighted by Gasteiger charge is -2.50. The third-order valence-corrected chi connectivity index (χ3v) is 9.30. The molecule has 2 aliphatic heterocycles. The van der Waals surface area contributed by atoms with Gasteiger partial charge in [0.25, 0.3) is 0 Å². The third-order valence-electron chi connectivity index (χ3n) is 6.75. The van der Waals surface area contributed by atoms with Gasteiger partial charge in [0.05, 0.1) is 11.7 Å². The summed E-state index contributed by atoms with van der Waals surface area (Å²) in [6.07, 6.45) is 7.25. The molecular weight excluding hydrogens is 392 g/mol. The highest BCUT2D eigenvalue weighted by Gasteiger charge is 2.64. The lowest BCUT2D eigenvalue weighted by Crippen LogP contribution is -2.68. The van der Waals surface area contributed by atoms with Gasteiger partial charge in [0, 0.05) is 25.2 Å². The topological polar surface area (TPSA) is 106 Å². The van der Waals surface area contributed by atoms with Crippen LogP contribution in [0, 0.1) is 5.92 Å².